The van der Waals surface area contributed by atoms with Gasteiger partial charge in [-0.05, 0) is 13.0 Å². The molecule has 0 spiro atoms. The number of carboxylic acids is 2. The number of rotatable bonds is 4. The van der Waals surface area contributed by atoms with E-state index in [2.05, 4.69) is 0 Å². The quantitative estimate of drug-likeness (QED) is 0.493. The maximum atomic E-state index is 13.3. The molecular weight excluding hydrogens is 269 g/mol. The van der Waals surface area contributed by atoms with Gasteiger partial charge in [-0.25, -0.2) is 13.2 Å². The third kappa shape index (κ3) is 2.28. The number of halogens is 3. The summed E-state index contributed by atoms with van der Waals surface area (Å²) >= 11 is 0. The Labute approximate surface area is 104 Å². The first kappa shape index (κ1) is 14.7. The van der Waals surface area contributed by atoms with Gasteiger partial charge in [-0.15, -0.1) is 0 Å². The second-order valence-corrected chi connectivity index (χ2v) is 3.81. The van der Waals surface area contributed by atoms with Crippen molar-refractivity contribution in [1.29, 1.82) is 0 Å². The van der Waals surface area contributed by atoms with E-state index in [0.29, 0.717) is 6.92 Å². The molecule has 5 nitrogen and oxygen atoms in total. The van der Waals surface area contributed by atoms with Crippen LogP contribution in [0, 0.1) is 22.9 Å². The van der Waals surface area contributed by atoms with Crippen LogP contribution in [0.4, 0.5) is 13.2 Å². The molecular formula is C11H7F3O5. The first-order chi connectivity index (χ1) is 8.62. The zero-order valence-electron chi connectivity index (χ0n) is 9.41. The molecule has 0 saturated carbocycles. The largest absolute Gasteiger partial charge is 0.480 e. The number of ketones is 1. The number of benzene rings is 1. The lowest BCUT2D eigenvalue weighted by Gasteiger charge is -2.18. The van der Waals surface area contributed by atoms with Gasteiger partial charge in [0.1, 0.15) is 5.82 Å². The number of carbonyl (C=O) groups excluding carboxylic acids is 1. The first-order valence-electron chi connectivity index (χ1n) is 4.78. The summed E-state index contributed by atoms with van der Waals surface area (Å²) in [5.41, 5.74) is -4.14. The molecule has 2 N–H and O–H groups in total. The molecule has 0 aliphatic rings. The molecule has 8 heteroatoms. The van der Waals surface area contributed by atoms with E-state index in [9.17, 15) is 27.6 Å². The number of Topliss-reactive ketones (excluding diaryl/α,β-unsaturated/α-hetero) is 1. The minimum atomic E-state index is -2.99. The Balaban J connectivity index is 3.46. The molecule has 0 unspecified atom stereocenters. The highest BCUT2D eigenvalue weighted by atomic mass is 19.2. The second kappa shape index (κ2) is 4.71. The molecule has 1 aromatic rings. The standard InChI is InChI=1S/C11H7F3O5/c1-11(9(16)17,10(18)19)8(15)4-2-6(13)7(14)3-5(4)12/h2-3H,1H3,(H,16,17)(H,18,19). The van der Waals surface area contributed by atoms with Gasteiger partial charge in [0.15, 0.2) is 17.4 Å². The molecule has 102 valence electrons. The number of carboxylic acid groups (broad SMARTS) is 2. The Hall–Kier alpha value is -2.38. The summed E-state index contributed by atoms with van der Waals surface area (Å²) in [6.45, 7) is 0.528. The summed E-state index contributed by atoms with van der Waals surface area (Å²) < 4.78 is 38.9. The molecule has 0 bridgehead atoms. The highest BCUT2D eigenvalue weighted by Gasteiger charge is 2.50. The van der Waals surface area contributed by atoms with Gasteiger partial charge in [0.05, 0.1) is 5.56 Å². The number of hydrogen-bond acceptors (Lipinski definition) is 3. The van der Waals surface area contributed by atoms with Gasteiger partial charge in [-0.1, -0.05) is 0 Å². The molecule has 1 aromatic carbocycles. The van der Waals surface area contributed by atoms with E-state index < -0.39 is 46.2 Å². The fraction of sp³-hybridized carbons (Fsp3) is 0.182. The Bertz CT molecular complexity index is 568. The van der Waals surface area contributed by atoms with E-state index >= 15 is 0 Å². The monoisotopic (exact) mass is 276 g/mol. The summed E-state index contributed by atoms with van der Waals surface area (Å²) in [7, 11) is 0. The van der Waals surface area contributed by atoms with Crippen molar-refractivity contribution >= 4 is 17.7 Å². The summed E-state index contributed by atoms with van der Waals surface area (Å²) in [5, 5.41) is 17.5. The van der Waals surface area contributed by atoms with Crippen LogP contribution in [-0.4, -0.2) is 27.9 Å². The zero-order chi connectivity index (χ0) is 15.0. The lowest BCUT2D eigenvalue weighted by atomic mass is 9.82. The molecule has 0 aliphatic heterocycles. The predicted molar refractivity (Wildman–Crippen MR) is 54.0 cm³/mol. The van der Waals surface area contributed by atoms with Crippen LogP contribution in [0.3, 0.4) is 0 Å². The molecule has 0 saturated heterocycles. The van der Waals surface area contributed by atoms with Crippen LogP contribution in [0.25, 0.3) is 0 Å². The maximum absolute atomic E-state index is 13.3. The lowest BCUT2D eigenvalue weighted by Crippen LogP contribution is -2.44. The van der Waals surface area contributed by atoms with E-state index in [-0.39, 0.29) is 12.1 Å². The Kier molecular flexibility index (Phi) is 3.64. The van der Waals surface area contributed by atoms with Crippen molar-refractivity contribution in [2.45, 2.75) is 6.92 Å². The highest BCUT2D eigenvalue weighted by Crippen LogP contribution is 2.26. The van der Waals surface area contributed by atoms with Crippen LogP contribution in [0.1, 0.15) is 17.3 Å². The normalized spacial score (nSPS) is 11.2. The summed E-state index contributed by atoms with van der Waals surface area (Å²) in [6.07, 6.45) is 0. The molecule has 0 aromatic heterocycles. The van der Waals surface area contributed by atoms with Gasteiger partial charge in [-0.2, -0.15) is 0 Å². The van der Waals surface area contributed by atoms with Crippen molar-refractivity contribution in [3.8, 4) is 0 Å². The molecule has 0 aliphatic carbocycles. The second-order valence-electron chi connectivity index (χ2n) is 3.81. The van der Waals surface area contributed by atoms with Gasteiger partial charge >= 0.3 is 11.9 Å². The molecule has 0 radical (unpaired) electrons. The van der Waals surface area contributed by atoms with Crippen molar-refractivity contribution < 1.29 is 37.8 Å². The van der Waals surface area contributed by atoms with Crippen molar-refractivity contribution in [2.24, 2.45) is 5.41 Å². The van der Waals surface area contributed by atoms with Gasteiger partial charge in [0.25, 0.3) is 0 Å². The SMILES string of the molecule is CC(C(=O)O)(C(=O)O)C(=O)c1cc(F)c(F)cc1F. The van der Waals surface area contributed by atoms with Gasteiger partial charge < -0.3 is 10.2 Å². The smallest absolute Gasteiger partial charge is 0.328 e. The predicted octanol–water partition coefficient (Wildman–Crippen LogP) is 1.46. The van der Waals surface area contributed by atoms with Gasteiger partial charge in [0.2, 0.25) is 5.41 Å². The Morgan fingerprint density at radius 2 is 1.37 bits per heavy atom. The van der Waals surface area contributed by atoms with Crippen LogP contribution in [0.5, 0.6) is 0 Å². The third-order valence-corrected chi connectivity index (χ3v) is 2.56. The fourth-order valence-corrected chi connectivity index (χ4v) is 1.25. The Morgan fingerprint density at radius 3 is 1.79 bits per heavy atom. The average Bonchev–Trinajstić information content (AvgIpc) is 2.31. The summed E-state index contributed by atoms with van der Waals surface area (Å²) in [5.74, 6) is -10.5. The Morgan fingerprint density at radius 1 is 0.947 bits per heavy atom. The van der Waals surface area contributed by atoms with Gasteiger partial charge in [-0.3, -0.25) is 14.4 Å². The minimum Gasteiger partial charge on any atom is -0.480 e. The third-order valence-electron chi connectivity index (χ3n) is 2.56. The van der Waals surface area contributed by atoms with Crippen LogP contribution in [0.2, 0.25) is 0 Å². The van der Waals surface area contributed by atoms with Crippen molar-refractivity contribution in [3.05, 3.63) is 35.1 Å². The lowest BCUT2D eigenvalue weighted by molar-refractivity contribution is -0.159. The molecule has 0 amide bonds. The average molecular weight is 276 g/mol. The maximum Gasteiger partial charge on any atom is 0.328 e. The number of aliphatic carboxylic acids is 2. The van der Waals surface area contributed by atoms with Crippen molar-refractivity contribution in [1.82, 2.24) is 0 Å². The zero-order valence-corrected chi connectivity index (χ0v) is 9.41. The van der Waals surface area contributed by atoms with Crippen LogP contribution >= 0.6 is 0 Å². The first-order valence-corrected chi connectivity index (χ1v) is 4.78. The fourth-order valence-electron chi connectivity index (χ4n) is 1.25. The summed E-state index contributed by atoms with van der Waals surface area (Å²) in [6, 6.07) is 0.157. The van der Waals surface area contributed by atoms with E-state index in [1.165, 1.54) is 0 Å². The molecule has 0 atom stereocenters. The minimum absolute atomic E-state index is 0.0344. The van der Waals surface area contributed by atoms with Crippen molar-refractivity contribution in [2.75, 3.05) is 0 Å². The molecule has 1 rings (SSSR count). The van der Waals surface area contributed by atoms with Gasteiger partial charge in [0, 0.05) is 6.07 Å². The van der Waals surface area contributed by atoms with E-state index in [0.717, 1.165) is 0 Å². The summed E-state index contributed by atoms with van der Waals surface area (Å²) in [4.78, 5) is 33.4. The number of hydrogen-bond donors (Lipinski definition) is 2. The molecule has 0 heterocycles. The number of carbonyl (C=O) groups is 3. The van der Waals surface area contributed by atoms with Crippen LogP contribution in [0.15, 0.2) is 12.1 Å². The topological polar surface area (TPSA) is 91.7 Å². The molecule has 19 heavy (non-hydrogen) atoms. The van der Waals surface area contributed by atoms with E-state index in [1.807, 2.05) is 0 Å². The van der Waals surface area contributed by atoms with Crippen molar-refractivity contribution in [3.63, 3.8) is 0 Å². The van der Waals surface area contributed by atoms with E-state index in [1.54, 1.807) is 0 Å². The van der Waals surface area contributed by atoms with Crippen LogP contribution < -0.4 is 0 Å². The highest BCUT2D eigenvalue weighted by molar-refractivity contribution is 6.24. The van der Waals surface area contributed by atoms with Crippen LogP contribution in [-0.2, 0) is 9.59 Å². The van der Waals surface area contributed by atoms with E-state index in [4.69, 9.17) is 10.2 Å². The molecule has 0 fully saturated rings.